The SMILES string of the molecule is CCCC1CCC(N(Cc2ccccc2)C(=O)Nc2cccc(C(F)(F)F)c2)CC1.COc1cccc(CN2CCC(N(Cc3ccccc3)C(=O)Nc3cc(F)cc(C(F)(F)F)c3)CC2)c1.N#Cc1cccc(CN2CCC(N(Cc3ccccc3)C(=O)Nc3cc(F)cc(C(F)(F)F)c3)CC2)c1. The number of rotatable bonds is 19. The van der Waals surface area contributed by atoms with Crippen molar-refractivity contribution in [1.29, 1.82) is 5.26 Å². The number of methoxy groups -OCH3 is 1. The number of likely N-dealkylation sites (tertiary alicyclic amines) is 2. The lowest BCUT2D eigenvalue weighted by molar-refractivity contribution is -0.138. The number of piperidine rings is 2. The maximum absolute atomic E-state index is 13.9. The maximum Gasteiger partial charge on any atom is 0.416 e. The molecule has 0 bridgehead atoms. The van der Waals surface area contributed by atoms with Gasteiger partial charge in [-0.1, -0.05) is 141 Å². The van der Waals surface area contributed by atoms with Crippen LogP contribution in [0, 0.1) is 28.9 Å². The van der Waals surface area contributed by atoms with Crippen LogP contribution in [0.1, 0.15) is 121 Å². The Morgan fingerprint density at radius 2 is 0.817 bits per heavy atom. The molecule has 2 aliphatic heterocycles. The fourth-order valence-corrected chi connectivity index (χ4v) is 13.4. The molecule has 0 atom stereocenters. The summed E-state index contributed by atoms with van der Waals surface area (Å²) in [4.78, 5) is 49.3. The van der Waals surface area contributed by atoms with Gasteiger partial charge in [0.15, 0.2) is 0 Å². The van der Waals surface area contributed by atoms with E-state index < -0.39 is 58.9 Å². The zero-order valence-electron chi connectivity index (χ0n) is 57.8. The molecule has 2 heterocycles. The van der Waals surface area contributed by atoms with Crippen molar-refractivity contribution in [2.45, 2.75) is 141 Å². The van der Waals surface area contributed by atoms with Crippen molar-refractivity contribution >= 4 is 35.2 Å². The van der Waals surface area contributed by atoms with Gasteiger partial charge in [-0.05, 0) is 164 Å². The lowest BCUT2D eigenvalue weighted by Crippen LogP contribution is -2.48. The molecule has 2 saturated heterocycles. The number of carbonyl (C=O) groups is 3. The largest absolute Gasteiger partial charge is 0.497 e. The van der Waals surface area contributed by atoms with Gasteiger partial charge < -0.3 is 35.4 Å². The van der Waals surface area contributed by atoms with E-state index in [0.29, 0.717) is 75.5 Å². The summed E-state index contributed by atoms with van der Waals surface area (Å²) in [7, 11) is 1.63. The van der Waals surface area contributed by atoms with Crippen LogP contribution in [0.25, 0.3) is 0 Å². The first kappa shape index (κ1) is 78.2. The Morgan fingerprint density at radius 1 is 0.442 bits per heavy atom. The van der Waals surface area contributed by atoms with Crippen molar-refractivity contribution in [3.63, 3.8) is 0 Å². The van der Waals surface area contributed by atoms with E-state index in [2.05, 4.69) is 38.7 Å². The van der Waals surface area contributed by atoms with E-state index in [1.54, 1.807) is 27.9 Å². The Bertz CT molecular complexity index is 4100. The van der Waals surface area contributed by atoms with Gasteiger partial charge in [-0.3, -0.25) is 9.80 Å². The molecule has 8 aromatic carbocycles. The van der Waals surface area contributed by atoms with Gasteiger partial charge in [0.05, 0.1) is 35.4 Å². The highest BCUT2D eigenvalue weighted by Gasteiger charge is 2.36. The van der Waals surface area contributed by atoms with Crippen molar-refractivity contribution in [2.24, 2.45) is 5.92 Å². The summed E-state index contributed by atoms with van der Waals surface area (Å²) in [6.07, 6.45) is -4.79. The van der Waals surface area contributed by atoms with E-state index in [4.69, 9.17) is 10.00 Å². The van der Waals surface area contributed by atoms with Crippen LogP contribution >= 0.6 is 0 Å². The number of ether oxygens (including phenoxy) is 1. The predicted octanol–water partition coefficient (Wildman–Crippen LogP) is 20.1. The van der Waals surface area contributed by atoms with Crippen LogP contribution in [0.15, 0.2) is 200 Å². The molecule has 1 saturated carbocycles. The normalized spacial score (nSPS) is 16.1. The number of halogens is 11. The van der Waals surface area contributed by atoms with Crippen LogP contribution < -0.4 is 20.7 Å². The summed E-state index contributed by atoms with van der Waals surface area (Å²) >= 11 is 0. The highest BCUT2D eigenvalue weighted by molar-refractivity contribution is 5.91. The molecule has 8 aromatic rings. The molecular formula is C80H84F11N9O4. The summed E-state index contributed by atoms with van der Waals surface area (Å²) in [6, 6.07) is 53.0. The Labute approximate surface area is 599 Å². The second-order valence-electron chi connectivity index (χ2n) is 26.3. The molecular weight excluding hydrogens is 1360 g/mol. The third-order valence-corrected chi connectivity index (χ3v) is 18.7. The third-order valence-electron chi connectivity index (χ3n) is 18.7. The fraction of sp³-hybridized carbons (Fsp3) is 0.350. The Balaban J connectivity index is 0.000000182. The second kappa shape index (κ2) is 36.9. The van der Waals surface area contributed by atoms with E-state index in [1.165, 1.54) is 25.0 Å². The number of carbonyl (C=O) groups excluding carboxylic acids is 3. The van der Waals surface area contributed by atoms with Gasteiger partial charge in [0.2, 0.25) is 0 Å². The number of nitrogens with one attached hydrogen (secondary N) is 3. The molecule has 3 N–H and O–H groups in total. The van der Waals surface area contributed by atoms with Crippen LogP contribution in [-0.2, 0) is 51.3 Å². The zero-order valence-corrected chi connectivity index (χ0v) is 57.8. The Morgan fingerprint density at radius 3 is 1.22 bits per heavy atom. The van der Waals surface area contributed by atoms with Gasteiger partial charge >= 0.3 is 36.6 Å². The summed E-state index contributed by atoms with van der Waals surface area (Å²) in [5.41, 5.74) is 2.14. The van der Waals surface area contributed by atoms with Gasteiger partial charge in [0.1, 0.15) is 17.4 Å². The monoisotopic (exact) mass is 1440 g/mol. The van der Waals surface area contributed by atoms with Crippen molar-refractivity contribution in [3.8, 4) is 11.8 Å². The molecule has 0 spiro atoms. The summed E-state index contributed by atoms with van der Waals surface area (Å²) in [5, 5.41) is 16.8. The van der Waals surface area contributed by atoms with Gasteiger partial charge in [-0.15, -0.1) is 0 Å². The summed E-state index contributed by atoms with van der Waals surface area (Å²) < 4.78 is 151. The standard InChI is InChI=1S/C28H26F4N4O.C28H29F4N3O2.C24H29F3N2O/c29-24-14-23(28(30,31)32)15-25(16-24)34-27(37)36(19-20-5-2-1-3-6-20)26-9-11-35(12-10-26)18-22-8-4-7-21(13-22)17-33;1-37-26-9-5-8-21(14-26)18-34-12-10-25(11-13-34)35(19-20-6-3-2-4-7-20)27(36)33-24-16-22(28(30,31)32)15-23(29)17-24;1-2-7-18-12-14-22(15-13-18)29(17-19-8-4-3-5-9-19)23(30)28-21-11-6-10-20(16-21)24(25,26)27/h1-8,13-16,26H,9-12,18-19H2,(H,34,37);2-9,14-17,25H,10-13,18-19H2,1H3,(H,33,36);3-6,8-11,16,18,22H,2,7,12-15,17H2,1H3,(H,28,30). The lowest BCUT2D eigenvalue weighted by atomic mass is 9.83. The van der Waals surface area contributed by atoms with Crippen molar-refractivity contribution in [1.82, 2.24) is 24.5 Å². The van der Waals surface area contributed by atoms with Gasteiger partial charge in [-0.25, -0.2) is 23.2 Å². The number of amides is 6. The number of hydrogen-bond acceptors (Lipinski definition) is 7. The van der Waals surface area contributed by atoms with Crippen molar-refractivity contribution in [3.05, 3.63) is 262 Å². The first-order chi connectivity index (χ1) is 49.8. The average molecular weight is 1440 g/mol. The molecule has 550 valence electrons. The third kappa shape index (κ3) is 23.8. The molecule has 1 aliphatic carbocycles. The molecule has 6 amide bonds. The predicted molar refractivity (Wildman–Crippen MR) is 379 cm³/mol. The van der Waals surface area contributed by atoms with Gasteiger partial charge in [0, 0.05) is 94.1 Å². The molecule has 11 rings (SSSR count). The highest BCUT2D eigenvalue weighted by Crippen LogP contribution is 2.37. The van der Waals surface area contributed by atoms with E-state index in [-0.39, 0.29) is 54.3 Å². The van der Waals surface area contributed by atoms with Crippen molar-refractivity contribution < 1.29 is 67.4 Å². The quantitative estimate of drug-likeness (QED) is 0.0686. The van der Waals surface area contributed by atoms with Crippen LogP contribution in [0.4, 0.5) is 79.7 Å². The molecule has 24 heteroatoms. The first-order valence-electron chi connectivity index (χ1n) is 34.6. The molecule has 104 heavy (non-hydrogen) atoms. The number of anilines is 3. The summed E-state index contributed by atoms with van der Waals surface area (Å²) in [5.74, 6) is -0.639. The second-order valence-corrected chi connectivity index (χ2v) is 26.3. The lowest BCUT2D eigenvalue weighted by Gasteiger charge is -2.38. The van der Waals surface area contributed by atoms with E-state index in [9.17, 15) is 62.7 Å². The fourth-order valence-electron chi connectivity index (χ4n) is 13.4. The van der Waals surface area contributed by atoms with E-state index >= 15 is 0 Å². The number of nitriles is 1. The number of hydrogen-bond donors (Lipinski definition) is 3. The summed E-state index contributed by atoms with van der Waals surface area (Å²) in [6.45, 7) is 7.52. The maximum atomic E-state index is 13.9. The Kier molecular flexibility index (Phi) is 27.8. The Hall–Kier alpha value is -9.99. The number of nitrogens with zero attached hydrogens (tertiary/aromatic N) is 6. The molecule has 0 unspecified atom stereocenters. The first-order valence-corrected chi connectivity index (χ1v) is 34.6. The molecule has 13 nitrogen and oxygen atoms in total. The minimum Gasteiger partial charge on any atom is -0.497 e. The highest BCUT2D eigenvalue weighted by atomic mass is 19.4. The minimum absolute atomic E-state index is 0.0871. The van der Waals surface area contributed by atoms with Crippen LogP contribution in [0.2, 0.25) is 0 Å². The molecule has 0 radical (unpaired) electrons. The van der Waals surface area contributed by atoms with E-state index in [1.807, 2.05) is 133 Å². The van der Waals surface area contributed by atoms with E-state index in [0.717, 1.165) is 115 Å². The van der Waals surface area contributed by atoms with Gasteiger partial charge in [0.25, 0.3) is 0 Å². The number of benzene rings is 8. The van der Waals surface area contributed by atoms with Crippen LogP contribution in [0.5, 0.6) is 5.75 Å². The van der Waals surface area contributed by atoms with Crippen LogP contribution in [-0.4, -0.2) is 94.0 Å². The number of urea groups is 3. The average Bonchev–Trinajstić information content (AvgIpc) is 0.795. The molecule has 0 aromatic heterocycles. The minimum atomic E-state index is -4.73. The molecule has 3 aliphatic rings. The molecule has 3 fully saturated rings. The van der Waals surface area contributed by atoms with Gasteiger partial charge in [-0.2, -0.15) is 44.8 Å². The van der Waals surface area contributed by atoms with Crippen molar-refractivity contribution in [2.75, 3.05) is 49.2 Å². The zero-order chi connectivity index (χ0) is 74.4. The number of alkyl halides is 9. The van der Waals surface area contributed by atoms with Crippen LogP contribution in [0.3, 0.4) is 0 Å². The smallest absolute Gasteiger partial charge is 0.416 e. The topological polar surface area (TPSA) is 137 Å².